The molecule has 0 spiro atoms. The minimum absolute atomic E-state index is 0.0867. The van der Waals surface area contributed by atoms with Crippen LogP contribution in [0.15, 0.2) is 18.7 Å². The number of nitriles is 1. The minimum Gasteiger partial charge on any atom is -0.507 e. The predicted molar refractivity (Wildman–Crippen MR) is 167 cm³/mol. The molecule has 0 aromatic heterocycles. The molecule has 4 bridgehead atoms. The summed E-state index contributed by atoms with van der Waals surface area (Å²) in [5.74, 6) is -3.10. The van der Waals surface area contributed by atoms with Crippen LogP contribution in [0.4, 0.5) is 13.2 Å². The summed E-state index contributed by atoms with van der Waals surface area (Å²) in [6.07, 6.45) is -3.18. The van der Waals surface area contributed by atoms with E-state index in [4.69, 9.17) is 18.9 Å². The number of carbonyl (C=O) groups excluding carboxylic acids is 2. The van der Waals surface area contributed by atoms with Crippen molar-refractivity contribution in [2.45, 2.75) is 67.9 Å². The van der Waals surface area contributed by atoms with Gasteiger partial charge in [0.1, 0.15) is 24.4 Å². The number of nitrogens with zero attached hydrogens (tertiary/aromatic N) is 3. The molecule has 3 N–H and O–H groups in total. The zero-order valence-corrected chi connectivity index (χ0v) is 27.5. The Morgan fingerprint density at radius 1 is 1.20 bits per heavy atom. The Morgan fingerprint density at radius 3 is 2.61 bits per heavy atom. The van der Waals surface area contributed by atoms with Crippen LogP contribution in [0.3, 0.4) is 0 Å². The zero-order chi connectivity index (χ0) is 35.1. The molecule has 5 aliphatic heterocycles. The van der Waals surface area contributed by atoms with Crippen LogP contribution in [0.1, 0.15) is 50.7 Å². The SMILES string of the molecule is C=CCN1C2c3c(cc(C)c(OC)c3O)CC1[C@H](C#N)N1[C@H]2[C@@H]2SCC(NC(=O)C(F)(F)F)C(=O)OC[C@H]1c1c3c(c(C)c(O)c12)OCO3. The number of alkyl halides is 3. The summed E-state index contributed by atoms with van der Waals surface area (Å²) < 4.78 is 63.0. The first kappa shape index (κ1) is 33.2. The molecule has 12 nitrogen and oxygen atoms in total. The van der Waals surface area contributed by atoms with E-state index in [2.05, 4.69) is 17.5 Å². The molecular weight excluding hydrogens is 669 g/mol. The number of methoxy groups -OCH3 is 1. The van der Waals surface area contributed by atoms with E-state index in [0.717, 1.165) is 17.3 Å². The molecule has 49 heavy (non-hydrogen) atoms. The van der Waals surface area contributed by atoms with E-state index >= 15 is 0 Å². The number of cyclic esters (lactones) is 1. The monoisotopic (exact) mass is 702 g/mol. The molecule has 2 aromatic carbocycles. The minimum atomic E-state index is -5.25. The first-order chi connectivity index (χ1) is 23.3. The average molecular weight is 703 g/mol. The van der Waals surface area contributed by atoms with Crippen molar-refractivity contribution < 1.29 is 51.9 Å². The summed E-state index contributed by atoms with van der Waals surface area (Å²) in [5, 5.41) is 35.5. The third kappa shape index (κ3) is 4.88. The van der Waals surface area contributed by atoms with E-state index in [-0.39, 0.29) is 29.8 Å². The summed E-state index contributed by atoms with van der Waals surface area (Å²) in [5.41, 5.74) is 3.25. The molecule has 16 heteroatoms. The molecule has 2 saturated heterocycles. The number of benzene rings is 2. The fraction of sp³-hybridized carbons (Fsp3) is 0.485. The number of piperazine rings is 1. The molecule has 2 fully saturated rings. The number of aryl methyl sites for hydroxylation is 1. The number of thioether (sulfide) groups is 1. The summed E-state index contributed by atoms with van der Waals surface area (Å²) in [4.78, 5) is 29.3. The molecular formula is C33H33F3N4O8S. The Kier molecular flexibility index (Phi) is 8.07. The van der Waals surface area contributed by atoms with Crippen LogP contribution in [0.5, 0.6) is 28.7 Å². The van der Waals surface area contributed by atoms with Crippen LogP contribution >= 0.6 is 11.8 Å². The van der Waals surface area contributed by atoms with E-state index < -0.39 is 66.2 Å². The van der Waals surface area contributed by atoms with E-state index in [9.17, 15) is 38.2 Å². The number of phenols is 2. The van der Waals surface area contributed by atoms with Gasteiger partial charge in [0.2, 0.25) is 6.79 Å². The summed E-state index contributed by atoms with van der Waals surface area (Å²) >= 11 is 1.03. The van der Waals surface area contributed by atoms with Crippen LogP contribution < -0.4 is 19.5 Å². The molecule has 0 saturated carbocycles. The molecule has 0 radical (unpaired) electrons. The number of aromatic hydroxyl groups is 2. The van der Waals surface area contributed by atoms with Gasteiger partial charge in [-0.15, -0.1) is 18.3 Å². The molecule has 3 unspecified atom stereocenters. The highest BCUT2D eigenvalue weighted by Crippen LogP contribution is 2.64. The highest BCUT2D eigenvalue weighted by atomic mass is 32.2. The number of amides is 1. The topological polar surface area (TPSA) is 154 Å². The summed E-state index contributed by atoms with van der Waals surface area (Å²) in [6, 6.07) is -0.903. The number of fused-ring (bicyclic) bond motifs is 9. The quantitative estimate of drug-likeness (QED) is 0.315. The van der Waals surface area contributed by atoms with Crippen molar-refractivity contribution in [2.24, 2.45) is 0 Å². The smallest absolute Gasteiger partial charge is 0.471 e. The third-order valence-corrected chi connectivity index (χ3v) is 11.6. The Hall–Kier alpha value is -4.33. The Bertz CT molecular complexity index is 1820. The number of rotatable bonds is 4. The molecule has 7 atom stereocenters. The summed E-state index contributed by atoms with van der Waals surface area (Å²) in [6.45, 7) is 7.12. The van der Waals surface area contributed by atoms with Crippen molar-refractivity contribution in [3.05, 3.63) is 52.1 Å². The van der Waals surface area contributed by atoms with E-state index in [1.54, 1.807) is 18.3 Å². The highest BCUT2D eigenvalue weighted by Gasteiger charge is 2.61. The van der Waals surface area contributed by atoms with Crippen LogP contribution in [0, 0.1) is 25.2 Å². The first-order valence-electron chi connectivity index (χ1n) is 15.6. The maximum atomic E-state index is 13.3. The zero-order valence-electron chi connectivity index (χ0n) is 26.7. The van der Waals surface area contributed by atoms with Crippen molar-refractivity contribution in [3.8, 4) is 34.8 Å². The highest BCUT2D eigenvalue weighted by molar-refractivity contribution is 7.99. The maximum Gasteiger partial charge on any atom is 0.471 e. The molecule has 5 aliphatic rings. The number of phenolic OH excluding ortho intramolecular Hbond substituents is 2. The predicted octanol–water partition coefficient (Wildman–Crippen LogP) is 3.62. The van der Waals surface area contributed by atoms with Gasteiger partial charge in [-0.05, 0) is 31.4 Å². The Morgan fingerprint density at radius 2 is 1.94 bits per heavy atom. The maximum absolute atomic E-state index is 13.3. The van der Waals surface area contributed by atoms with Gasteiger partial charge in [-0.25, -0.2) is 4.79 Å². The van der Waals surface area contributed by atoms with Crippen LogP contribution in [0.25, 0.3) is 0 Å². The third-order valence-electron chi connectivity index (χ3n) is 10.2. The van der Waals surface area contributed by atoms with Crippen molar-refractivity contribution in [1.29, 1.82) is 5.26 Å². The number of halogens is 3. The van der Waals surface area contributed by atoms with Crippen molar-refractivity contribution >= 4 is 23.6 Å². The Labute approximate surface area is 283 Å². The second kappa shape index (κ2) is 11.9. The molecule has 0 aliphatic carbocycles. The molecule has 5 heterocycles. The normalized spacial score (nSPS) is 28.8. The largest absolute Gasteiger partial charge is 0.507 e. The number of hydrogen-bond donors (Lipinski definition) is 3. The van der Waals surface area contributed by atoms with Gasteiger partial charge in [0.05, 0.1) is 30.5 Å². The second-order valence-electron chi connectivity index (χ2n) is 12.7. The van der Waals surface area contributed by atoms with Gasteiger partial charge >= 0.3 is 18.1 Å². The van der Waals surface area contributed by atoms with Gasteiger partial charge < -0.3 is 34.5 Å². The first-order valence-corrected chi connectivity index (χ1v) is 16.6. The molecule has 2 aromatic rings. The fourth-order valence-corrected chi connectivity index (χ4v) is 9.81. The fourth-order valence-electron chi connectivity index (χ4n) is 8.30. The lowest BCUT2D eigenvalue weighted by atomic mass is 9.71. The number of ether oxygens (including phenoxy) is 4. The Balaban J connectivity index is 1.49. The lowest BCUT2D eigenvalue weighted by molar-refractivity contribution is -0.176. The van der Waals surface area contributed by atoms with Crippen LogP contribution in [-0.4, -0.2) is 95.0 Å². The van der Waals surface area contributed by atoms with Crippen molar-refractivity contribution in [1.82, 2.24) is 15.1 Å². The van der Waals surface area contributed by atoms with Crippen LogP contribution in [-0.2, 0) is 20.7 Å². The van der Waals surface area contributed by atoms with E-state index in [0.29, 0.717) is 52.3 Å². The number of nitrogens with one attached hydrogen (secondary N) is 1. The van der Waals surface area contributed by atoms with E-state index in [1.807, 2.05) is 17.9 Å². The van der Waals surface area contributed by atoms with Gasteiger partial charge in [0.15, 0.2) is 23.0 Å². The summed E-state index contributed by atoms with van der Waals surface area (Å²) in [7, 11) is 1.45. The van der Waals surface area contributed by atoms with Crippen molar-refractivity contribution in [3.63, 3.8) is 0 Å². The standard InChI is InChI=1S/C33H33F3N4O8S/c1-5-6-39-17-8-15-7-13(2)27(45-4)26(42)20(15)23(39)24-30-22-21(29-28(47-12-48-29)14(3)25(22)41)19(40(24)18(17)9-37)10-46-31(43)16(11-49-30)38-32(44)33(34,35)36/h5,7,16-19,23-24,30,41-42H,1,6,8,10-12H2,2-4H3,(H,38,44)/t16?,17?,18-,19-,23?,24+,30+/m0/s1. The van der Waals surface area contributed by atoms with Gasteiger partial charge in [-0.1, -0.05) is 12.1 Å². The van der Waals surface area contributed by atoms with E-state index in [1.165, 1.54) is 7.11 Å². The number of carbonyl (C=O) groups is 2. The second-order valence-corrected chi connectivity index (χ2v) is 13.8. The number of hydrogen-bond acceptors (Lipinski definition) is 12. The number of esters is 1. The van der Waals surface area contributed by atoms with Crippen LogP contribution in [0.2, 0.25) is 0 Å². The van der Waals surface area contributed by atoms with Gasteiger partial charge in [0.25, 0.3) is 0 Å². The molecule has 7 rings (SSSR count). The average Bonchev–Trinajstić information content (AvgIpc) is 3.54. The lowest BCUT2D eigenvalue weighted by Gasteiger charge is -2.62. The van der Waals surface area contributed by atoms with Gasteiger partial charge in [-0.3, -0.25) is 14.6 Å². The molecule has 1 amide bonds. The van der Waals surface area contributed by atoms with Gasteiger partial charge in [-0.2, -0.15) is 18.4 Å². The van der Waals surface area contributed by atoms with Gasteiger partial charge in [0, 0.05) is 46.6 Å². The van der Waals surface area contributed by atoms with Crippen molar-refractivity contribution in [2.75, 3.05) is 32.8 Å². The lowest BCUT2D eigenvalue weighted by Crippen LogP contribution is -2.70. The molecule has 260 valence electrons.